The van der Waals surface area contributed by atoms with Crippen LogP contribution in [-0.4, -0.2) is 12.0 Å². The van der Waals surface area contributed by atoms with Gasteiger partial charge in [-0.15, -0.1) is 0 Å². The van der Waals surface area contributed by atoms with E-state index in [9.17, 15) is 4.39 Å². The van der Waals surface area contributed by atoms with Gasteiger partial charge in [0.1, 0.15) is 5.82 Å². The topological polar surface area (TPSA) is 24.9 Å². The van der Waals surface area contributed by atoms with E-state index in [1.807, 2.05) is 37.4 Å². The second kappa shape index (κ2) is 5.80. The van der Waals surface area contributed by atoms with E-state index in [4.69, 9.17) is 11.6 Å². The monoisotopic (exact) mass is 300 g/mol. The van der Waals surface area contributed by atoms with E-state index in [-0.39, 0.29) is 11.9 Å². The largest absolute Gasteiger partial charge is 0.309 e. The van der Waals surface area contributed by atoms with Gasteiger partial charge in [-0.2, -0.15) is 0 Å². The van der Waals surface area contributed by atoms with E-state index in [0.717, 1.165) is 22.0 Å². The summed E-state index contributed by atoms with van der Waals surface area (Å²) in [5.74, 6) is -0.335. The van der Waals surface area contributed by atoms with Crippen LogP contribution in [-0.2, 0) is 0 Å². The Morgan fingerprint density at radius 2 is 1.95 bits per heavy atom. The van der Waals surface area contributed by atoms with Gasteiger partial charge in [0.25, 0.3) is 0 Å². The van der Waals surface area contributed by atoms with Crippen LogP contribution in [0.4, 0.5) is 4.39 Å². The van der Waals surface area contributed by atoms with Gasteiger partial charge in [0, 0.05) is 16.6 Å². The Hall–Kier alpha value is -1.97. The van der Waals surface area contributed by atoms with Crippen molar-refractivity contribution in [1.82, 2.24) is 10.3 Å². The molecule has 3 rings (SSSR count). The summed E-state index contributed by atoms with van der Waals surface area (Å²) in [6.45, 7) is 0. The van der Waals surface area contributed by atoms with Gasteiger partial charge >= 0.3 is 0 Å². The molecule has 1 atom stereocenters. The lowest BCUT2D eigenvalue weighted by Crippen LogP contribution is -2.18. The molecule has 0 fully saturated rings. The van der Waals surface area contributed by atoms with Crippen LogP contribution in [0.2, 0.25) is 5.02 Å². The first-order chi connectivity index (χ1) is 10.2. The van der Waals surface area contributed by atoms with Crippen LogP contribution in [0.15, 0.2) is 54.7 Å². The van der Waals surface area contributed by atoms with Gasteiger partial charge in [-0.1, -0.05) is 35.9 Å². The molecule has 1 N–H and O–H groups in total. The fourth-order valence-corrected chi connectivity index (χ4v) is 2.87. The summed E-state index contributed by atoms with van der Waals surface area (Å²) in [6, 6.07) is 14.3. The number of rotatable bonds is 3. The third kappa shape index (κ3) is 2.62. The predicted octanol–water partition coefficient (Wildman–Crippen LogP) is 4.34. The highest BCUT2D eigenvalue weighted by molar-refractivity contribution is 6.31. The van der Waals surface area contributed by atoms with Gasteiger partial charge in [-0.05, 0) is 42.4 Å². The Morgan fingerprint density at radius 1 is 1.10 bits per heavy atom. The summed E-state index contributed by atoms with van der Waals surface area (Å²) < 4.78 is 13.3. The van der Waals surface area contributed by atoms with Crippen molar-refractivity contribution in [2.75, 3.05) is 7.05 Å². The molecular weight excluding hydrogens is 287 g/mol. The molecule has 21 heavy (non-hydrogen) atoms. The molecule has 106 valence electrons. The van der Waals surface area contributed by atoms with Crippen molar-refractivity contribution in [3.8, 4) is 0 Å². The third-order valence-corrected chi connectivity index (χ3v) is 3.88. The van der Waals surface area contributed by atoms with Crippen LogP contribution in [0.5, 0.6) is 0 Å². The van der Waals surface area contributed by atoms with Crippen molar-refractivity contribution in [1.29, 1.82) is 0 Å². The number of pyridine rings is 1. The lowest BCUT2D eigenvalue weighted by atomic mass is 9.95. The van der Waals surface area contributed by atoms with Crippen molar-refractivity contribution in [2.24, 2.45) is 0 Å². The van der Waals surface area contributed by atoms with Crippen molar-refractivity contribution in [3.05, 3.63) is 76.7 Å². The van der Waals surface area contributed by atoms with E-state index >= 15 is 0 Å². The minimum atomic E-state index is -0.335. The molecule has 0 aliphatic rings. The first-order valence-electron chi connectivity index (χ1n) is 6.66. The maximum Gasteiger partial charge on any atom is 0.124 e. The lowest BCUT2D eigenvalue weighted by molar-refractivity contribution is 0.624. The molecule has 0 bridgehead atoms. The van der Waals surface area contributed by atoms with Gasteiger partial charge in [0.2, 0.25) is 0 Å². The van der Waals surface area contributed by atoms with Crippen LogP contribution in [0.25, 0.3) is 10.9 Å². The molecule has 0 aliphatic carbocycles. The fraction of sp³-hybridized carbons (Fsp3) is 0.118. The quantitative estimate of drug-likeness (QED) is 0.778. The van der Waals surface area contributed by atoms with Gasteiger partial charge in [0.15, 0.2) is 0 Å². The molecule has 3 aromatic rings. The van der Waals surface area contributed by atoms with Crippen molar-refractivity contribution < 1.29 is 4.39 Å². The molecule has 4 heteroatoms. The third-order valence-electron chi connectivity index (χ3n) is 3.55. The Morgan fingerprint density at radius 3 is 2.71 bits per heavy atom. The molecule has 2 nitrogen and oxygen atoms in total. The molecule has 0 radical (unpaired) electrons. The molecule has 0 spiro atoms. The van der Waals surface area contributed by atoms with Crippen LogP contribution >= 0.6 is 11.6 Å². The highest BCUT2D eigenvalue weighted by Crippen LogP contribution is 2.32. The minimum absolute atomic E-state index is 0.119. The van der Waals surface area contributed by atoms with Crippen LogP contribution in [0.3, 0.4) is 0 Å². The van der Waals surface area contributed by atoms with Crippen molar-refractivity contribution in [2.45, 2.75) is 6.04 Å². The molecule has 0 aliphatic heterocycles. The molecule has 0 amide bonds. The Labute approximate surface area is 127 Å². The number of hydrogen-bond donors (Lipinski definition) is 1. The number of halogens is 2. The fourth-order valence-electron chi connectivity index (χ4n) is 2.59. The second-order valence-corrected chi connectivity index (χ2v) is 5.21. The summed E-state index contributed by atoms with van der Waals surface area (Å²) in [4.78, 5) is 4.37. The summed E-state index contributed by atoms with van der Waals surface area (Å²) >= 11 is 6.21. The smallest absolute Gasteiger partial charge is 0.124 e. The summed E-state index contributed by atoms with van der Waals surface area (Å²) in [5, 5.41) is 4.72. The first-order valence-corrected chi connectivity index (χ1v) is 7.04. The highest BCUT2D eigenvalue weighted by atomic mass is 35.5. The molecule has 1 aromatic heterocycles. The zero-order chi connectivity index (χ0) is 14.8. The maximum absolute atomic E-state index is 13.3. The zero-order valence-corrected chi connectivity index (χ0v) is 12.2. The highest BCUT2D eigenvalue weighted by Gasteiger charge is 2.18. The van der Waals surface area contributed by atoms with E-state index in [2.05, 4.69) is 10.3 Å². The zero-order valence-electron chi connectivity index (χ0n) is 11.5. The van der Waals surface area contributed by atoms with Gasteiger partial charge in [-0.25, -0.2) is 4.39 Å². The molecule has 1 heterocycles. The summed E-state index contributed by atoms with van der Waals surface area (Å²) in [6.07, 6.45) is 1.77. The van der Waals surface area contributed by atoms with Crippen molar-refractivity contribution in [3.63, 3.8) is 0 Å². The molecule has 2 aromatic carbocycles. The van der Waals surface area contributed by atoms with Gasteiger partial charge in [-0.3, -0.25) is 4.98 Å². The molecule has 0 saturated carbocycles. The van der Waals surface area contributed by atoms with E-state index in [1.54, 1.807) is 12.3 Å². The lowest BCUT2D eigenvalue weighted by Gasteiger charge is -2.20. The average Bonchev–Trinajstić information content (AvgIpc) is 2.50. The summed E-state index contributed by atoms with van der Waals surface area (Å²) in [7, 11) is 1.86. The second-order valence-electron chi connectivity index (χ2n) is 4.80. The Kier molecular flexibility index (Phi) is 3.86. The summed E-state index contributed by atoms with van der Waals surface area (Å²) in [5.41, 5.74) is 2.84. The van der Waals surface area contributed by atoms with Crippen LogP contribution < -0.4 is 5.32 Å². The standard InChI is InChI=1S/C17H14ClFN2/c1-20-17(14-8-7-11(19)10-15(14)18)13-4-2-6-16-12(13)5-3-9-21-16/h2-10,17,20H,1H3. The average molecular weight is 301 g/mol. The SMILES string of the molecule is CNC(c1ccc(F)cc1Cl)c1cccc2ncccc12. The predicted molar refractivity (Wildman–Crippen MR) is 84.1 cm³/mol. The normalized spacial score (nSPS) is 12.5. The number of hydrogen-bond acceptors (Lipinski definition) is 2. The van der Waals surface area contributed by atoms with E-state index in [0.29, 0.717) is 5.02 Å². The number of benzene rings is 2. The van der Waals surface area contributed by atoms with Gasteiger partial charge in [0.05, 0.1) is 11.6 Å². The molecule has 0 saturated heterocycles. The number of nitrogens with zero attached hydrogens (tertiary/aromatic N) is 1. The van der Waals surface area contributed by atoms with Crippen LogP contribution in [0, 0.1) is 5.82 Å². The Bertz CT molecular complexity index is 783. The number of nitrogens with one attached hydrogen (secondary N) is 1. The van der Waals surface area contributed by atoms with Crippen molar-refractivity contribution >= 4 is 22.5 Å². The number of fused-ring (bicyclic) bond motifs is 1. The maximum atomic E-state index is 13.3. The first kappa shape index (κ1) is 14.0. The minimum Gasteiger partial charge on any atom is -0.309 e. The molecular formula is C17H14ClFN2. The van der Waals surface area contributed by atoms with Crippen LogP contribution in [0.1, 0.15) is 17.2 Å². The number of aromatic nitrogens is 1. The van der Waals surface area contributed by atoms with Gasteiger partial charge < -0.3 is 5.32 Å². The molecule has 1 unspecified atom stereocenters. The Balaban J connectivity index is 2.18. The van der Waals surface area contributed by atoms with E-state index < -0.39 is 0 Å². The van der Waals surface area contributed by atoms with E-state index in [1.165, 1.54) is 12.1 Å².